The molecule has 0 aliphatic carbocycles. The maximum Gasteiger partial charge on any atom is 0.123 e. The molecular weight excluding hydrogens is 263 g/mol. The number of hydrogen-bond donors (Lipinski definition) is 0. The van der Waals surface area contributed by atoms with Crippen LogP contribution in [0.1, 0.15) is 32.2 Å². The van der Waals surface area contributed by atoms with Gasteiger partial charge in [0.25, 0.3) is 0 Å². The Morgan fingerprint density at radius 2 is 1.92 bits per heavy atom. The number of rotatable bonds is 0. The molecule has 0 amide bonds. The summed E-state index contributed by atoms with van der Waals surface area (Å²) in [5.41, 5.74) is 2.17. The van der Waals surface area contributed by atoms with E-state index in [1.165, 1.54) is 0 Å². The lowest BCUT2D eigenvalue weighted by atomic mass is 9.93. The first-order valence-electron chi connectivity index (χ1n) is 3.91. The first kappa shape index (κ1) is 9.89. The van der Waals surface area contributed by atoms with Crippen molar-refractivity contribution in [3.05, 3.63) is 21.3 Å². The van der Waals surface area contributed by atoms with Gasteiger partial charge in [0.05, 0.1) is 11.4 Å². The van der Waals surface area contributed by atoms with E-state index in [-0.39, 0.29) is 5.41 Å². The molecule has 1 rings (SSSR count). The average molecular weight is 276 g/mol. The molecule has 0 saturated heterocycles. The van der Waals surface area contributed by atoms with Crippen molar-refractivity contribution in [3.63, 3.8) is 0 Å². The van der Waals surface area contributed by atoms with Gasteiger partial charge in [-0.25, -0.2) is 4.98 Å². The van der Waals surface area contributed by atoms with Crippen LogP contribution >= 0.6 is 22.6 Å². The summed E-state index contributed by atoms with van der Waals surface area (Å²) in [7, 11) is 0. The smallest absolute Gasteiger partial charge is 0.123 e. The first-order chi connectivity index (χ1) is 5.41. The van der Waals surface area contributed by atoms with E-state index in [0.29, 0.717) is 0 Å². The lowest BCUT2D eigenvalue weighted by Crippen LogP contribution is -2.17. The van der Waals surface area contributed by atoms with Gasteiger partial charge in [-0.3, -0.25) is 4.98 Å². The number of hydrogen-bond acceptors (Lipinski definition) is 2. The van der Waals surface area contributed by atoms with Crippen molar-refractivity contribution in [2.75, 3.05) is 0 Å². The highest BCUT2D eigenvalue weighted by Gasteiger charge is 2.19. The summed E-state index contributed by atoms with van der Waals surface area (Å²) in [6, 6.07) is 0. The Hall–Kier alpha value is -0.190. The number of aromatic nitrogens is 2. The molecule has 2 nitrogen and oxygen atoms in total. The molecule has 0 saturated carbocycles. The average Bonchev–Trinajstić information content (AvgIpc) is 1.92. The summed E-state index contributed by atoms with van der Waals surface area (Å²) in [4.78, 5) is 8.74. The third-order valence-electron chi connectivity index (χ3n) is 1.56. The van der Waals surface area contributed by atoms with E-state index >= 15 is 0 Å². The van der Waals surface area contributed by atoms with Crippen molar-refractivity contribution in [1.29, 1.82) is 0 Å². The molecule has 0 spiro atoms. The van der Waals surface area contributed by atoms with Crippen LogP contribution in [0.25, 0.3) is 0 Å². The van der Waals surface area contributed by atoms with Gasteiger partial charge in [0, 0.05) is 11.6 Å². The van der Waals surface area contributed by atoms with Crippen LogP contribution in [0.3, 0.4) is 0 Å². The Labute approximate surface area is 87.0 Å². The molecule has 1 heterocycles. The molecule has 0 fully saturated rings. The summed E-state index contributed by atoms with van der Waals surface area (Å²) in [6.07, 6.45) is 1.80. The lowest BCUT2D eigenvalue weighted by Gasteiger charge is -2.18. The molecule has 0 aliphatic rings. The molecule has 1 aromatic rings. The van der Waals surface area contributed by atoms with Gasteiger partial charge in [-0.1, -0.05) is 20.8 Å². The van der Waals surface area contributed by atoms with Crippen molar-refractivity contribution in [2.24, 2.45) is 0 Å². The Morgan fingerprint density at radius 3 is 2.33 bits per heavy atom. The molecule has 1 aromatic heterocycles. The largest absolute Gasteiger partial charge is 0.253 e. The zero-order chi connectivity index (χ0) is 9.35. The predicted octanol–water partition coefficient (Wildman–Crippen LogP) is 2.69. The maximum atomic E-state index is 4.47. The second-order valence-electron chi connectivity index (χ2n) is 3.90. The van der Waals surface area contributed by atoms with Gasteiger partial charge in [0.2, 0.25) is 0 Å². The van der Waals surface area contributed by atoms with Crippen LogP contribution in [-0.2, 0) is 5.41 Å². The minimum Gasteiger partial charge on any atom is -0.253 e. The maximum absolute atomic E-state index is 4.47. The van der Waals surface area contributed by atoms with Crippen LogP contribution in [0.15, 0.2) is 6.20 Å². The SMILES string of the molecule is Cc1cnc(I)c(C(C)(C)C)n1. The highest BCUT2D eigenvalue weighted by molar-refractivity contribution is 14.1. The van der Waals surface area contributed by atoms with Crippen molar-refractivity contribution in [1.82, 2.24) is 9.97 Å². The molecule has 66 valence electrons. The highest BCUT2D eigenvalue weighted by Crippen LogP contribution is 2.23. The van der Waals surface area contributed by atoms with E-state index in [0.717, 1.165) is 15.1 Å². The van der Waals surface area contributed by atoms with Gasteiger partial charge in [-0.05, 0) is 29.5 Å². The Kier molecular flexibility index (Phi) is 2.70. The normalized spacial score (nSPS) is 11.8. The van der Waals surface area contributed by atoms with Crippen molar-refractivity contribution in [2.45, 2.75) is 33.1 Å². The van der Waals surface area contributed by atoms with Crippen LogP contribution in [0.2, 0.25) is 0 Å². The summed E-state index contributed by atoms with van der Waals surface area (Å²) in [6.45, 7) is 8.42. The zero-order valence-corrected chi connectivity index (χ0v) is 10.0. The van der Waals surface area contributed by atoms with E-state index < -0.39 is 0 Å². The molecule has 12 heavy (non-hydrogen) atoms. The fourth-order valence-corrected chi connectivity index (χ4v) is 2.01. The molecule has 0 N–H and O–H groups in total. The second kappa shape index (κ2) is 3.28. The lowest BCUT2D eigenvalue weighted by molar-refractivity contribution is 0.558. The number of nitrogens with zero attached hydrogens (tertiary/aromatic N) is 2. The molecule has 0 radical (unpaired) electrons. The van der Waals surface area contributed by atoms with Crippen LogP contribution in [-0.4, -0.2) is 9.97 Å². The molecule has 0 unspecified atom stereocenters. The summed E-state index contributed by atoms with van der Waals surface area (Å²) < 4.78 is 1.01. The van der Waals surface area contributed by atoms with Gasteiger partial charge in [-0.2, -0.15) is 0 Å². The van der Waals surface area contributed by atoms with Crippen LogP contribution in [0.5, 0.6) is 0 Å². The minimum absolute atomic E-state index is 0.0928. The standard InChI is InChI=1S/C9H13IN2/c1-6-5-11-8(10)7(12-6)9(2,3)4/h5H,1-4H3. The second-order valence-corrected chi connectivity index (χ2v) is 4.92. The fraction of sp³-hybridized carbons (Fsp3) is 0.556. The third kappa shape index (κ3) is 2.15. The number of halogens is 1. The Morgan fingerprint density at radius 1 is 1.33 bits per heavy atom. The minimum atomic E-state index is 0.0928. The summed E-state index contributed by atoms with van der Waals surface area (Å²) in [5, 5.41) is 0. The molecule has 0 aliphatic heterocycles. The Balaban J connectivity index is 3.23. The van der Waals surface area contributed by atoms with E-state index in [9.17, 15) is 0 Å². The van der Waals surface area contributed by atoms with Crippen LogP contribution < -0.4 is 0 Å². The van der Waals surface area contributed by atoms with Crippen molar-refractivity contribution >= 4 is 22.6 Å². The van der Waals surface area contributed by atoms with Crippen LogP contribution in [0.4, 0.5) is 0 Å². The van der Waals surface area contributed by atoms with Crippen LogP contribution in [0, 0.1) is 10.6 Å². The van der Waals surface area contributed by atoms with E-state index in [2.05, 4.69) is 53.3 Å². The molecule has 3 heteroatoms. The molecule has 0 aromatic carbocycles. The van der Waals surface area contributed by atoms with Gasteiger partial charge in [-0.15, -0.1) is 0 Å². The van der Waals surface area contributed by atoms with Crippen molar-refractivity contribution in [3.8, 4) is 0 Å². The topological polar surface area (TPSA) is 25.8 Å². The Bertz CT molecular complexity index is 289. The van der Waals surface area contributed by atoms with Gasteiger partial charge < -0.3 is 0 Å². The van der Waals surface area contributed by atoms with Gasteiger partial charge >= 0.3 is 0 Å². The predicted molar refractivity (Wildman–Crippen MR) is 58.2 cm³/mol. The number of aryl methyl sites for hydroxylation is 1. The van der Waals surface area contributed by atoms with E-state index in [1.54, 1.807) is 6.20 Å². The van der Waals surface area contributed by atoms with E-state index in [1.807, 2.05) is 6.92 Å². The molecular formula is C9H13IN2. The third-order valence-corrected chi connectivity index (χ3v) is 2.35. The summed E-state index contributed by atoms with van der Waals surface area (Å²) in [5.74, 6) is 0. The molecule has 0 atom stereocenters. The first-order valence-corrected chi connectivity index (χ1v) is 4.99. The quantitative estimate of drug-likeness (QED) is 0.681. The van der Waals surface area contributed by atoms with Gasteiger partial charge in [0.1, 0.15) is 3.70 Å². The molecule has 0 bridgehead atoms. The van der Waals surface area contributed by atoms with Gasteiger partial charge in [0.15, 0.2) is 0 Å². The highest BCUT2D eigenvalue weighted by atomic mass is 127. The van der Waals surface area contributed by atoms with E-state index in [4.69, 9.17) is 0 Å². The van der Waals surface area contributed by atoms with Crippen molar-refractivity contribution < 1.29 is 0 Å². The zero-order valence-electron chi connectivity index (χ0n) is 7.85. The monoisotopic (exact) mass is 276 g/mol. The fourth-order valence-electron chi connectivity index (χ4n) is 0.940. The summed E-state index contributed by atoms with van der Waals surface area (Å²) >= 11 is 2.23.